The van der Waals surface area contributed by atoms with Crippen LogP contribution >= 0.6 is 0 Å². The number of hydrogen-bond acceptors (Lipinski definition) is 5. The fourth-order valence-electron chi connectivity index (χ4n) is 4.41. The molecule has 0 spiro atoms. The quantitative estimate of drug-likeness (QED) is 0.446. The lowest BCUT2D eigenvalue weighted by Crippen LogP contribution is -2.73. The van der Waals surface area contributed by atoms with Gasteiger partial charge in [-0.15, -0.1) is 0 Å². The van der Waals surface area contributed by atoms with E-state index in [9.17, 15) is 0 Å². The zero-order valence-corrected chi connectivity index (χ0v) is 18.3. The first-order valence-corrected chi connectivity index (χ1v) is 12.0. The van der Waals surface area contributed by atoms with E-state index in [0.29, 0.717) is 0 Å². The highest BCUT2D eigenvalue weighted by molar-refractivity contribution is 6.71. The summed E-state index contributed by atoms with van der Waals surface area (Å²) >= 11 is 0. The van der Waals surface area contributed by atoms with Gasteiger partial charge in [-0.1, -0.05) is 43.7 Å². The molecule has 1 aromatic carbocycles. The van der Waals surface area contributed by atoms with Gasteiger partial charge < -0.3 is 24.2 Å². The first-order chi connectivity index (χ1) is 13.2. The predicted octanol–water partition coefficient (Wildman–Crippen LogP) is 3.46. The Morgan fingerprint density at radius 1 is 1.15 bits per heavy atom. The average molecular weight is 393 g/mol. The second-order valence-electron chi connectivity index (χ2n) is 7.10. The van der Waals surface area contributed by atoms with Crippen molar-refractivity contribution in [2.45, 2.75) is 49.9 Å². The van der Waals surface area contributed by atoms with Crippen molar-refractivity contribution >= 4 is 14.6 Å². The Labute approximate surface area is 165 Å². The van der Waals surface area contributed by atoms with Crippen LogP contribution in [0.3, 0.4) is 0 Å². The van der Waals surface area contributed by atoms with Crippen LogP contribution in [-0.4, -0.2) is 54.2 Å². The van der Waals surface area contributed by atoms with Crippen LogP contribution in [0.5, 0.6) is 0 Å². The van der Waals surface area contributed by atoms with Crippen molar-refractivity contribution in [2.75, 3.05) is 34.4 Å². The van der Waals surface area contributed by atoms with Crippen LogP contribution in [0.1, 0.15) is 38.2 Å². The summed E-state index contributed by atoms with van der Waals surface area (Å²) in [5.74, 6) is 0. The van der Waals surface area contributed by atoms with Crippen LogP contribution in [0.25, 0.3) is 6.08 Å². The first kappa shape index (κ1) is 22.1. The molecule has 0 saturated carbocycles. The Morgan fingerprint density at radius 2 is 1.89 bits per heavy atom. The van der Waals surface area contributed by atoms with Crippen molar-refractivity contribution in [1.82, 2.24) is 10.6 Å². The molecule has 1 aliphatic rings. The molecule has 27 heavy (non-hydrogen) atoms. The van der Waals surface area contributed by atoms with Crippen molar-refractivity contribution in [2.24, 2.45) is 0 Å². The zero-order valence-electron chi connectivity index (χ0n) is 17.3. The van der Waals surface area contributed by atoms with E-state index in [-0.39, 0.29) is 11.3 Å². The van der Waals surface area contributed by atoms with E-state index >= 15 is 0 Å². The average Bonchev–Trinajstić information content (AvgIpc) is 2.72. The third kappa shape index (κ3) is 5.00. The SMILES string of the molecule is CCCC1(OC)C(NCCNC=Cc2ccccc2)CCC[Si]1(OC)OC. The van der Waals surface area contributed by atoms with Gasteiger partial charge in [-0.05, 0) is 43.1 Å². The van der Waals surface area contributed by atoms with E-state index < -0.39 is 8.56 Å². The van der Waals surface area contributed by atoms with Gasteiger partial charge in [0.15, 0.2) is 0 Å². The summed E-state index contributed by atoms with van der Waals surface area (Å²) in [5, 5.41) is 6.74. The van der Waals surface area contributed by atoms with E-state index in [1.54, 1.807) is 14.2 Å². The van der Waals surface area contributed by atoms with E-state index in [0.717, 1.165) is 44.8 Å². The Hall–Kier alpha value is -1.18. The Balaban J connectivity index is 1.93. The maximum absolute atomic E-state index is 6.18. The summed E-state index contributed by atoms with van der Waals surface area (Å²) in [4.78, 5) is 0. The minimum Gasteiger partial charge on any atom is -0.396 e. The fraction of sp³-hybridized carbons (Fsp3) is 0.619. The Bertz CT molecular complexity index is 566. The van der Waals surface area contributed by atoms with Crippen molar-refractivity contribution in [3.63, 3.8) is 0 Å². The molecule has 2 unspecified atom stereocenters. The molecule has 2 rings (SSSR count). The predicted molar refractivity (Wildman–Crippen MR) is 114 cm³/mol. The molecule has 152 valence electrons. The lowest BCUT2D eigenvalue weighted by atomic mass is 9.99. The van der Waals surface area contributed by atoms with Crippen LogP contribution in [0.15, 0.2) is 36.5 Å². The Kier molecular flexibility index (Phi) is 8.99. The highest BCUT2D eigenvalue weighted by atomic mass is 28.4. The second-order valence-corrected chi connectivity index (χ2v) is 10.8. The molecule has 0 bridgehead atoms. The maximum atomic E-state index is 6.18. The molecule has 0 aliphatic carbocycles. The van der Waals surface area contributed by atoms with E-state index in [2.05, 4.69) is 35.8 Å². The second kappa shape index (κ2) is 11.0. The van der Waals surface area contributed by atoms with Gasteiger partial charge in [-0.3, -0.25) is 0 Å². The minimum atomic E-state index is -2.43. The Morgan fingerprint density at radius 3 is 2.52 bits per heavy atom. The van der Waals surface area contributed by atoms with Crippen molar-refractivity contribution < 1.29 is 13.6 Å². The molecule has 2 atom stereocenters. The molecule has 1 aromatic rings. The lowest BCUT2D eigenvalue weighted by molar-refractivity contribution is -0.0370. The van der Waals surface area contributed by atoms with Crippen LogP contribution < -0.4 is 10.6 Å². The molecule has 2 N–H and O–H groups in total. The molecule has 1 fully saturated rings. The zero-order chi connectivity index (χ0) is 19.6. The molecule has 1 aliphatic heterocycles. The third-order valence-electron chi connectivity index (χ3n) is 5.70. The molecular formula is C21H36N2O3Si. The monoisotopic (exact) mass is 392 g/mol. The fourth-order valence-corrected chi connectivity index (χ4v) is 8.48. The molecule has 0 radical (unpaired) electrons. The van der Waals surface area contributed by atoms with E-state index in [1.807, 2.05) is 31.5 Å². The van der Waals surface area contributed by atoms with Gasteiger partial charge in [0.1, 0.15) is 5.22 Å². The lowest BCUT2D eigenvalue weighted by Gasteiger charge is -2.52. The number of ether oxygens (including phenoxy) is 1. The maximum Gasteiger partial charge on any atom is 0.372 e. The smallest absolute Gasteiger partial charge is 0.372 e. The summed E-state index contributed by atoms with van der Waals surface area (Å²) in [7, 11) is 2.96. The molecule has 1 saturated heterocycles. The van der Waals surface area contributed by atoms with Crippen molar-refractivity contribution in [3.05, 3.63) is 42.1 Å². The van der Waals surface area contributed by atoms with Gasteiger partial charge in [-0.2, -0.15) is 0 Å². The highest BCUT2D eigenvalue weighted by Gasteiger charge is 2.62. The molecule has 1 heterocycles. The van der Waals surface area contributed by atoms with Gasteiger partial charge in [-0.25, -0.2) is 0 Å². The molecule has 0 aromatic heterocycles. The van der Waals surface area contributed by atoms with Crippen LogP contribution in [0.2, 0.25) is 6.04 Å². The first-order valence-electron chi connectivity index (χ1n) is 10.0. The number of hydrogen-bond donors (Lipinski definition) is 2. The highest BCUT2D eigenvalue weighted by Crippen LogP contribution is 2.42. The van der Waals surface area contributed by atoms with Gasteiger partial charge in [0.2, 0.25) is 0 Å². The van der Waals surface area contributed by atoms with Gasteiger partial charge >= 0.3 is 8.56 Å². The topological polar surface area (TPSA) is 51.8 Å². The van der Waals surface area contributed by atoms with Crippen LogP contribution in [0, 0.1) is 0 Å². The summed E-state index contributed by atoms with van der Waals surface area (Å²) in [6, 6.07) is 11.5. The van der Waals surface area contributed by atoms with E-state index in [4.69, 9.17) is 13.6 Å². The summed E-state index contributed by atoms with van der Waals surface area (Å²) in [5.41, 5.74) is 1.20. The number of methoxy groups -OCH3 is 1. The van der Waals surface area contributed by atoms with Gasteiger partial charge in [0, 0.05) is 40.5 Å². The molecule has 5 nitrogen and oxygen atoms in total. The standard InChI is InChI=1S/C21H36N2O3Si/c1-5-14-21(24-2)20(12-9-18-27(21,25-3)26-4)23-17-16-22-15-13-19-10-7-6-8-11-19/h6-8,10-11,13,15,20,22-23H,5,9,12,14,16-18H2,1-4H3. The number of benzene rings is 1. The third-order valence-corrected chi connectivity index (χ3v) is 10.1. The molecule has 0 amide bonds. The summed E-state index contributed by atoms with van der Waals surface area (Å²) in [6.45, 7) is 3.93. The normalized spacial score (nSPS) is 25.0. The molecular weight excluding hydrogens is 356 g/mol. The van der Waals surface area contributed by atoms with E-state index in [1.165, 1.54) is 5.56 Å². The van der Waals surface area contributed by atoms with Gasteiger partial charge in [0.05, 0.1) is 0 Å². The largest absolute Gasteiger partial charge is 0.396 e. The number of rotatable bonds is 11. The van der Waals surface area contributed by atoms with Crippen LogP contribution in [-0.2, 0) is 13.6 Å². The number of nitrogens with one attached hydrogen (secondary N) is 2. The van der Waals surface area contributed by atoms with Crippen molar-refractivity contribution in [1.29, 1.82) is 0 Å². The van der Waals surface area contributed by atoms with Gasteiger partial charge in [0.25, 0.3) is 0 Å². The minimum absolute atomic E-state index is 0.252. The van der Waals surface area contributed by atoms with Crippen LogP contribution in [0.4, 0.5) is 0 Å². The summed E-state index contributed by atoms with van der Waals surface area (Å²) < 4.78 is 18.3. The molecule has 6 heteroatoms. The van der Waals surface area contributed by atoms with Crippen molar-refractivity contribution in [3.8, 4) is 0 Å². The summed E-state index contributed by atoms with van der Waals surface area (Å²) in [6.07, 6.45) is 8.31.